The van der Waals surface area contributed by atoms with Crippen molar-refractivity contribution in [1.82, 2.24) is 0 Å². The molecule has 31 heavy (non-hydrogen) atoms. The Kier molecular flexibility index (Phi) is 14.3. The zero-order chi connectivity index (χ0) is 20.7. The van der Waals surface area contributed by atoms with Gasteiger partial charge in [-0.25, -0.2) is 0 Å². The zero-order valence-electron chi connectivity index (χ0n) is 16.7. The molecule has 0 aliphatic heterocycles. The molecule has 0 saturated carbocycles. The minimum Gasteiger partial charge on any atom is -0.369 e. The van der Waals surface area contributed by atoms with Gasteiger partial charge in [0.05, 0.1) is 11.5 Å². The number of halogens is 6. The van der Waals surface area contributed by atoms with Crippen LogP contribution in [0, 0.1) is 11.8 Å². The SMILES string of the molecule is CCC(C(N)=O)[C@H](CCc1ccccc1)C(=O)Nc1cccc(C(F)(F)F)c1.Cl.Cl.Cl. The first-order valence-electron chi connectivity index (χ1n) is 9.03. The minimum atomic E-state index is -4.51. The van der Waals surface area contributed by atoms with E-state index in [2.05, 4.69) is 5.32 Å². The molecule has 2 atom stereocenters. The summed E-state index contributed by atoms with van der Waals surface area (Å²) in [5, 5.41) is 2.51. The molecule has 1 unspecified atom stereocenters. The predicted molar refractivity (Wildman–Crippen MR) is 123 cm³/mol. The highest BCUT2D eigenvalue weighted by Crippen LogP contribution is 2.31. The Hall–Kier alpha value is -1.96. The highest BCUT2D eigenvalue weighted by Gasteiger charge is 2.32. The van der Waals surface area contributed by atoms with Crippen LogP contribution in [-0.4, -0.2) is 11.8 Å². The predicted octanol–water partition coefficient (Wildman–Crippen LogP) is 5.67. The Morgan fingerprint density at radius 3 is 2.10 bits per heavy atom. The number of rotatable bonds is 8. The third-order valence-electron chi connectivity index (χ3n) is 4.67. The molecule has 10 heteroatoms. The third-order valence-corrected chi connectivity index (χ3v) is 4.67. The van der Waals surface area contributed by atoms with Gasteiger partial charge in [-0.2, -0.15) is 13.2 Å². The first kappa shape index (κ1) is 31.2. The van der Waals surface area contributed by atoms with Gasteiger partial charge in [0.1, 0.15) is 0 Å². The number of nitrogens with two attached hydrogens (primary N) is 1. The van der Waals surface area contributed by atoms with E-state index in [0.29, 0.717) is 19.3 Å². The van der Waals surface area contributed by atoms with Crippen LogP contribution in [-0.2, 0) is 22.2 Å². The summed E-state index contributed by atoms with van der Waals surface area (Å²) in [5.41, 5.74) is 5.64. The lowest BCUT2D eigenvalue weighted by atomic mass is 9.84. The summed E-state index contributed by atoms with van der Waals surface area (Å²) in [6.45, 7) is 1.75. The second kappa shape index (κ2) is 14.2. The number of aryl methyl sites for hydroxylation is 1. The maximum absolute atomic E-state index is 12.9. The van der Waals surface area contributed by atoms with Crippen LogP contribution in [0.15, 0.2) is 54.6 Å². The van der Waals surface area contributed by atoms with Crippen molar-refractivity contribution in [3.63, 3.8) is 0 Å². The molecule has 2 aromatic carbocycles. The van der Waals surface area contributed by atoms with Crippen molar-refractivity contribution in [3.8, 4) is 0 Å². The highest BCUT2D eigenvalue weighted by molar-refractivity contribution is 5.95. The van der Waals surface area contributed by atoms with Gasteiger partial charge in [0.2, 0.25) is 11.8 Å². The van der Waals surface area contributed by atoms with E-state index < -0.39 is 35.4 Å². The molecular weight excluding hydrogens is 476 g/mol. The molecule has 0 aromatic heterocycles. The Morgan fingerprint density at radius 1 is 0.968 bits per heavy atom. The van der Waals surface area contributed by atoms with E-state index in [4.69, 9.17) is 5.73 Å². The molecule has 0 heterocycles. The van der Waals surface area contributed by atoms with Gasteiger partial charge in [-0.1, -0.05) is 43.3 Å². The molecule has 0 fully saturated rings. The van der Waals surface area contributed by atoms with Crippen molar-refractivity contribution in [2.45, 2.75) is 32.4 Å². The quantitative estimate of drug-likeness (QED) is 0.489. The summed E-state index contributed by atoms with van der Waals surface area (Å²) >= 11 is 0. The van der Waals surface area contributed by atoms with Gasteiger partial charge in [0.25, 0.3) is 0 Å². The normalized spacial score (nSPS) is 12.3. The lowest BCUT2D eigenvalue weighted by Gasteiger charge is -2.23. The first-order valence-corrected chi connectivity index (χ1v) is 9.03. The van der Waals surface area contributed by atoms with Crippen LogP contribution < -0.4 is 11.1 Å². The molecule has 2 rings (SSSR count). The molecule has 174 valence electrons. The minimum absolute atomic E-state index is 0. The van der Waals surface area contributed by atoms with E-state index >= 15 is 0 Å². The van der Waals surface area contributed by atoms with Crippen LogP contribution in [0.25, 0.3) is 0 Å². The van der Waals surface area contributed by atoms with E-state index in [-0.39, 0.29) is 42.9 Å². The second-order valence-electron chi connectivity index (χ2n) is 6.62. The van der Waals surface area contributed by atoms with Crippen molar-refractivity contribution < 1.29 is 22.8 Å². The summed E-state index contributed by atoms with van der Waals surface area (Å²) < 4.78 is 38.7. The fraction of sp³-hybridized carbons (Fsp3) is 0.333. The van der Waals surface area contributed by atoms with Gasteiger partial charge in [-0.3, -0.25) is 9.59 Å². The zero-order valence-corrected chi connectivity index (χ0v) is 19.2. The number of hydrogen-bond donors (Lipinski definition) is 2. The maximum Gasteiger partial charge on any atom is 0.416 e. The number of alkyl halides is 3. The number of nitrogens with one attached hydrogen (secondary N) is 1. The molecule has 2 amide bonds. The molecule has 0 aliphatic rings. The van der Waals surface area contributed by atoms with E-state index in [1.807, 2.05) is 30.3 Å². The average Bonchev–Trinajstić information content (AvgIpc) is 2.65. The van der Waals surface area contributed by atoms with Gasteiger partial charge >= 0.3 is 6.18 Å². The van der Waals surface area contributed by atoms with Gasteiger partial charge < -0.3 is 11.1 Å². The Bertz CT molecular complexity index is 821. The van der Waals surface area contributed by atoms with Crippen molar-refractivity contribution >= 4 is 54.7 Å². The van der Waals surface area contributed by atoms with E-state index in [0.717, 1.165) is 17.7 Å². The van der Waals surface area contributed by atoms with E-state index in [1.165, 1.54) is 12.1 Å². The topological polar surface area (TPSA) is 72.2 Å². The van der Waals surface area contributed by atoms with Crippen LogP contribution in [0.3, 0.4) is 0 Å². The molecule has 0 aliphatic carbocycles. The molecule has 0 bridgehead atoms. The fourth-order valence-corrected chi connectivity index (χ4v) is 3.17. The van der Waals surface area contributed by atoms with Gasteiger partial charge in [-0.15, -0.1) is 37.2 Å². The van der Waals surface area contributed by atoms with Crippen LogP contribution >= 0.6 is 37.2 Å². The second-order valence-corrected chi connectivity index (χ2v) is 6.62. The summed E-state index contributed by atoms with van der Waals surface area (Å²) in [7, 11) is 0. The molecule has 2 aromatic rings. The lowest BCUT2D eigenvalue weighted by molar-refractivity contribution is -0.137. The van der Waals surface area contributed by atoms with Crippen molar-refractivity contribution in [1.29, 1.82) is 0 Å². The number of carbonyl (C=O) groups is 2. The average molecular weight is 502 g/mol. The standard InChI is InChI=1S/C21H23F3N2O2.3ClH/c1-2-17(19(25)27)18(12-11-14-7-4-3-5-8-14)20(28)26-16-10-6-9-15(13-16)21(22,23)24;;;/h3-10,13,17-18H,2,11-12H2,1H3,(H2,25,27)(H,26,28);3*1H/t17?,18-;;;/m0.../s1. The molecule has 0 saturated heterocycles. The van der Waals surface area contributed by atoms with E-state index in [9.17, 15) is 22.8 Å². The summed E-state index contributed by atoms with van der Waals surface area (Å²) in [6.07, 6.45) is -3.24. The van der Waals surface area contributed by atoms with Gasteiger partial charge in [0, 0.05) is 11.6 Å². The number of anilines is 1. The molecular formula is C21H26Cl3F3N2O2. The summed E-state index contributed by atoms with van der Waals surface area (Å²) in [5.74, 6) is -2.55. The smallest absolute Gasteiger partial charge is 0.369 e. The van der Waals surface area contributed by atoms with Crippen LogP contribution in [0.1, 0.15) is 30.9 Å². The van der Waals surface area contributed by atoms with Gasteiger partial charge in [-0.05, 0) is 43.0 Å². The molecule has 3 N–H and O–H groups in total. The molecule has 0 radical (unpaired) electrons. The molecule has 0 spiro atoms. The van der Waals surface area contributed by atoms with Gasteiger partial charge in [0.15, 0.2) is 0 Å². The third kappa shape index (κ3) is 9.37. The fourth-order valence-electron chi connectivity index (χ4n) is 3.17. The summed E-state index contributed by atoms with van der Waals surface area (Å²) in [4.78, 5) is 24.6. The number of benzene rings is 2. The van der Waals surface area contributed by atoms with Crippen LogP contribution in [0.2, 0.25) is 0 Å². The number of primary amides is 1. The molecule has 4 nitrogen and oxygen atoms in total. The number of amides is 2. The van der Waals surface area contributed by atoms with E-state index in [1.54, 1.807) is 6.92 Å². The monoisotopic (exact) mass is 500 g/mol. The van der Waals surface area contributed by atoms with Crippen LogP contribution in [0.5, 0.6) is 0 Å². The Labute approximate surface area is 198 Å². The lowest BCUT2D eigenvalue weighted by Crippen LogP contribution is -2.37. The van der Waals surface area contributed by atoms with Crippen molar-refractivity contribution in [2.75, 3.05) is 5.32 Å². The van der Waals surface area contributed by atoms with Crippen molar-refractivity contribution in [3.05, 3.63) is 65.7 Å². The number of hydrogen-bond acceptors (Lipinski definition) is 2. The first-order chi connectivity index (χ1) is 13.2. The van der Waals surface area contributed by atoms with Crippen LogP contribution in [0.4, 0.5) is 18.9 Å². The maximum atomic E-state index is 12.9. The Morgan fingerprint density at radius 2 is 1.58 bits per heavy atom. The van der Waals surface area contributed by atoms with Crippen molar-refractivity contribution in [2.24, 2.45) is 17.6 Å². The summed E-state index contributed by atoms with van der Waals surface area (Å²) in [6, 6.07) is 13.9. The number of carbonyl (C=O) groups excluding carboxylic acids is 2. The Balaban J connectivity index is 0. The highest BCUT2D eigenvalue weighted by atomic mass is 35.5. The largest absolute Gasteiger partial charge is 0.416 e.